The highest BCUT2D eigenvalue weighted by molar-refractivity contribution is 6.46. The summed E-state index contributed by atoms with van der Waals surface area (Å²) in [6.45, 7) is 9.58. The molecule has 0 bridgehead atoms. The fraction of sp³-hybridized carbons (Fsp3) is 0.407. The zero-order chi connectivity index (χ0) is 25.1. The Morgan fingerprint density at radius 3 is 2.43 bits per heavy atom. The summed E-state index contributed by atoms with van der Waals surface area (Å²) >= 11 is 6.10. The summed E-state index contributed by atoms with van der Waals surface area (Å²) in [6.07, 6.45) is 0.00911. The highest BCUT2D eigenvalue weighted by Crippen LogP contribution is 2.40. The number of aryl methyl sites for hydroxylation is 1. The number of ether oxygens (including phenoxy) is 2. The Hall–Kier alpha value is -2.87. The number of aliphatic hydroxyl groups excluding tert-OH is 1. The van der Waals surface area contributed by atoms with Gasteiger partial charge < -0.3 is 19.5 Å². The van der Waals surface area contributed by atoms with Crippen molar-refractivity contribution in [2.24, 2.45) is 0 Å². The van der Waals surface area contributed by atoms with Gasteiger partial charge in [-0.15, -0.1) is 0 Å². The van der Waals surface area contributed by atoms with E-state index in [9.17, 15) is 14.7 Å². The quantitative estimate of drug-likeness (QED) is 0.350. The molecule has 35 heavy (non-hydrogen) atoms. The highest BCUT2D eigenvalue weighted by atomic mass is 35.5. The molecular weight excluding hydrogens is 468 g/mol. The maximum atomic E-state index is 13.2. The van der Waals surface area contributed by atoms with Crippen LogP contribution in [0.3, 0.4) is 0 Å². The van der Waals surface area contributed by atoms with E-state index in [4.69, 9.17) is 21.1 Å². The second kappa shape index (κ2) is 10.8. The van der Waals surface area contributed by atoms with E-state index < -0.39 is 17.7 Å². The van der Waals surface area contributed by atoms with Crippen LogP contribution < -0.4 is 4.74 Å². The lowest BCUT2D eigenvalue weighted by atomic mass is 9.95. The van der Waals surface area contributed by atoms with Gasteiger partial charge in [0.2, 0.25) is 0 Å². The number of carbonyl (C=O) groups is 2. The standard InChI is InChI=1S/C27H31ClN2O5/c1-17(2)35-22-9-6-20(16-18(22)3)25(31)23-24(19-4-7-21(28)8-5-19)30(27(33)26(23)32)11-10-29-12-14-34-15-13-29/h4-9,16-17,24,31H,10-15H2,1-3H3/b25-23+. The molecule has 2 saturated heterocycles. The summed E-state index contributed by atoms with van der Waals surface area (Å²) in [5.41, 5.74) is 2.08. The molecule has 186 valence electrons. The van der Waals surface area contributed by atoms with Crippen LogP contribution in [0.2, 0.25) is 5.02 Å². The Morgan fingerprint density at radius 2 is 1.80 bits per heavy atom. The number of ketones is 1. The van der Waals surface area contributed by atoms with E-state index in [0.717, 1.165) is 18.7 Å². The number of likely N-dealkylation sites (tertiary alicyclic amines) is 1. The summed E-state index contributed by atoms with van der Waals surface area (Å²) in [6, 6.07) is 11.6. The van der Waals surface area contributed by atoms with E-state index in [1.807, 2.05) is 20.8 Å². The third kappa shape index (κ3) is 5.53. The highest BCUT2D eigenvalue weighted by Gasteiger charge is 2.46. The van der Waals surface area contributed by atoms with Gasteiger partial charge in [-0.1, -0.05) is 23.7 Å². The molecule has 1 amide bonds. The minimum absolute atomic E-state index is 0.00911. The first kappa shape index (κ1) is 25.2. The van der Waals surface area contributed by atoms with Gasteiger partial charge in [-0.2, -0.15) is 0 Å². The van der Waals surface area contributed by atoms with E-state index in [-0.39, 0.29) is 17.4 Å². The topological polar surface area (TPSA) is 79.3 Å². The van der Waals surface area contributed by atoms with Gasteiger partial charge in [0, 0.05) is 36.8 Å². The first-order chi connectivity index (χ1) is 16.8. The van der Waals surface area contributed by atoms with Crippen molar-refractivity contribution in [3.05, 3.63) is 69.8 Å². The van der Waals surface area contributed by atoms with Crippen LogP contribution in [0.4, 0.5) is 0 Å². The van der Waals surface area contributed by atoms with Gasteiger partial charge in [-0.3, -0.25) is 14.5 Å². The number of Topliss-reactive ketones (excluding diaryl/α,β-unsaturated/α-hetero) is 1. The van der Waals surface area contributed by atoms with Crippen molar-refractivity contribution in [3.63, 3.8) is 0 Å². The van der Waals surface area contributed by atoms with Gasteiger partial charge in [-0.25, -0.2) is 0 Å². The summed E-state index contributed by atoms with van der Waals surface area (Å²) in [5.74, 6) is -0.797. The Labute approximate surface area is 210 Å². The van der Waals surface area contributed by atoms with Crippen molar-refractivity contribution in [2.75, 3.05) is 39.4 Å². The molecule has 8 heteroatoms. The van der Waals surface area contributed by atoms with Crippen LogP contribution in [0, 0.1) is 6.92 Å². The summed E-state index contributed by atoms with van der Waals surface area (Å²) in [4.78, 5) is 30.2. The molecule has 2 aromatic rings. The number of nitrogens with zero attached hydrogens (tertiary/aromatic N) is 2. The Kier molecular flexibility index (Phi) is 7.79. The Bertz CT molecular complexity index is 1120. The molecule has 2 aliphatic heterocycles. The molecule has 1 N–H and O–H groups in total. The minimum Gasteiger partial charge on any atom is -0.507 e. The molecule has 0 spiro atoms. The molecule has 7 nitrogen and oxygen atoms in total. The molecule has 2 heterocycles. The van der Waals surface area contributed by atoms with Gasteiger partial charge in [-0.05, 0) is 62.2 Å². The molecule has 0 aliphatic carbocycles. The number of halogens is 1. The summed E-state index contributed by atoms with van der Waals surface area (Å²) < 4.78 is 11.2. The summed E-state index contributed by atoms with van der Waals surface area (Å²) in [5, 5.41) is 11.9. The lowest BCUT2D eigenvalue weighted by Crippen LogP contribution is -2.42. The third-order valence-electron chi connectivity index (χ3n) is 6.30. The fourth-order valence-electron chi connectivity index (χ4n) is 4.51. The van der Waals surface area contributed by atoms with Crippen LogP contribution in [0.1, 0.15) is 36.6 Å². The van der Waals surface area contributed by atoms with Gasteiger partial charge in [0.1, 0.15) is 11.5 Å². The number of morpholine rings is 1. The van der Waals surface area contributed by atoms with Crippen LogP contribution in [0.15, 0.2) is 48.0 Å². The van der Waals surface area contributed by atoms with Crippen LogP contribution in [-0.4, -0.2) is 72.1 Å². The fourth-order valence-corrected chi connectivity index (χ4v) is 4.64. The zero-order valence-electron chi connectivity index (χ0n) is 20.3. The lowest BCUT2D eigenvalue weighted by Gasteiger charge is -2.31. The molecular formula is C27H31ClN2O5. The van der Waals surface area contributed by atoms with E-state index in [1.165, 1.54) is 0 Å². The van der Waals surface area contributed by atoms with Crippen molar-refractivity contribution in [1.82, 2.24) is 9.80 Å². The van der Waals surface area contributed by atoms with Crippen molar-refractivity contribution in [2.45, 2.75) is 32.9 Å². The van der Waals surface area contributed by atoms with E-state index in [0.29, 0.717) is 48.2 Å². The monoisotopic (exact) mass is 498 g/mol. The van der Waals surface area contributed by atoms with Crippen LogP contribution in [-0.2, 0) is 14.3 Å². The first-order valence-electron chi connectivity index (χ1n) is 11.9. The Balaban J connectivity index is 1.72. The minimum atomic E-state index is -0.708. The number of carbonyl (C=O) groups excluding carboxylic acids is 2. The van der Waals surface area contributed by atoms with E-state index in [1.54, 1.807) is 47.4 Å². The number of benzene rings is 2. The van der Waals surface area contributed by atoms with Crippen molar-refractivity contribution >= 4 is 29.1 Å². The van der Waals surface area contributed by atoms with Crippen molar-refractivity contribution in [1.29, 1.82) is 0 Å². The molecule has 2 aromatic carbocycles. The van der Waals surface area contributed by atoms with Gasteiger partial charge >= 0.3 is 0 Å². The molecule has 2 fully saturated rings. The number of hydrogen-bond donors (Lipinski definition) is 1. The first-order valence-corrected chi connectivity index (χ1v) is 12.3. The maximum Gasteiger partial charge on any atom is 0.295 e. The number of hydrogen-bond acceptors (Lipinski definition) is 6. The molecule has 0 radical (unpaired) electrons. The van der Waals surface area contributed by atoms with Crippen LogP contribution in [0.25, 0.3) is 5.76 Å². The van der Waals surface area contributed by atoms with Gasteiger partial charge in [0.15, 0.2) is 0 Å². The molecule has 1 atom stereocenters. The normalized spacial score (nSPS) is 20.6. The average molecular weight is 499 g/mol. The van der Waals surface area contributed by atoms with E-state index >= 15 is 0 Å². The predicted octanol–water partition coefficient (Wildman–Crippen LogP) is 4.19. The molecule has 4 rings (SSSR count). The van der Waals surface area contributed by atoms with Crippen LogP contribution in [0.5, 0.6) is 5.75 Å². The Morgan fingerprint density at radius 1 is 1.11 bits per heavy atom. The van der Waals surface area contributed by atoms with Crippen LogP contribution >= 0.6 is 11.6 Å². The number of amides is 1. The zero-order valence-corrected chi connectivity index (χ0v) is 21.0. The molecule has 1 unspecified atom stereocenters. The SMILES string of the molecule is Cc1cc(/C(O)=C2\C(=O)C(=O)N(CCN3CCOCC3)C2c2ccc(Cl)cc2)ccc1OC(C)C. The van der Waals surface area contributed by atoms with Crippen molar-refractivity contribution in [3.8, 4) is 5.75 Å². The largest absolute Gasteiger partial charge is 0.507 e. The second-order valence-corrected chi connectivity index (χ2v) is 9.58. The second-order valence-electron chi connectivity index (χ2n) is 9.14. The molecule has 0 saturated carbocycles. The number of rotatable bonds is 7. The van der Waals surface area contributed by atoms with E-state index in [2.05, 4.69) is 4.90 Å². The third-order valence-corrected chi connectivity index (χ3v) is 6.55. The average Bonchev–Trinajstić information content (AvgIpc) is 3.09. The van der Waals surface area contributed by atoms with Crippen molar-refractivity contribution < 1.29 is 24.2 Å². The summed E-state index contributed by atoms with van der Waals surface area (Å²) in [7, 11) is 0. The lowest BCUT2D eigenvalue weighted by molar-refractivity contribution is -0.140. The van der Waals surface area contributed by atoms with Gasteiger partial charge in [0.05, 0.1) is 30.9 Å². The predicted molar refractivity (Wildman–Crippen MR) is 135 cm³/mol. The number of aliphatic hydroxyl groups is 1. The molecule has 2 aliphatic rings. The maximum absolute atomic E-state index is 13.2. The smallest absolute Gasteiger partial charge is 0.295 e. The molecule has 0 aromatic heterocycles. The van der Waals surface area contributed by atoms with Gasteiger partial charge in [0.25, 0.3) is 11.7 Å².